The second kappa shape index (κ2) is 7.96. The number of rotatable bonds is 8. The largest absolute Gasteiger partial charge is 0.462 e. The van der Waals surface area contributed by atoms with Gasteiger partial charge >= 0.3 is 5.97 Å². The lowest BCUT2D eigenvalue weighted by Gasteiger charge is -2.28. The summed E-state index contributed by atoms with van der Waals surface area (Å²) in [6, 6.07) is 13.0. The molecule has 2 atom stereocenters. The summed E-state index contributed by atoms with van der Waals surface area (Å²) in [5.41, 5.74) is 1.42. The molecule has 0 saturated carbocycles. The van der Waals surface area contributed by atoms with Crippen LogP contribution in [0, 0.1) is 5.92 Å². The van der Waals surface area contributed by atoms with E-state index >= 15 is 0 Å². The van der Waals surface area contributed by atoms with Gasteiger partial charge in [0.05, 0.1) is 14.5 Å². The maximum atomic E-state index is 11.7. The minimum absolute atomic E-state index is 0.0241. The zero-order chi connectivity index (χ0) is 16.0. The molecule has 0 N–H and O–H groups in total. The average Bonchev–Trinajstić information content (AvgIpc) is 2.79. The Kier molecular flexibility index (Phi) is 6.24. The normalized spacial score (nSPS) is 21.9. The molecule has 122 valence electrons. The second-order valence-corrected chi connectivity index (χ2v) is 12.6. The van der Waals surface area contributed by atoms with Gasteiger partial charge in [0, 0.05) is 5.92 Å². The van der Waals surface area contributed by atoms with E-state index in [2.05, 4.69) is 50.3 Å². The van der Waals surface area contributed by atoms with Crippen molar-refractivity contribution < 1.29 is 9.53 Å². The van der Waals surface area contributed by atoms with E-state index in [9.17, 15) is 4.79 Å². The molecule has 0 bridgehead atoms. The van der Waals surface area contributed by atoms with E-state index in [1.807, 2.05) is 0 Å². The van der Waals surface area contributed by atoms with Crippen LogP contribution in [0.4, 0.5) is 0 Å². The van der Waals surface area contributed by atoms with Crippen molar-refractivity contribution in [3.63, 3.8) is 0 Å². The molecule has 2 nitrogen and oxygen atoms in total. The predicted octanol–water partition coefficient (Wildman–Crippen LogP) is 4.99. The highest BCUT2D eigenvalue weighted by Crippen LogP contribution is 2.33. The van der Waals surface area contributed by atoms with Crippen molar-refractivity contribution in [3.8, 4) is 0 Å². The predicted molar refractivity (Wildman–Crippen MR) is 94.6 cm³/mol. The minimum atomic E-state index is -1.41. The number of carbonyl (C=O) groups excluding carboxylic acids is 1. The first-order chi connectivity index (χ1) is 10.5. The molecule has 1 aliphatic heterocycles. The summed E-state index contributed by atoms with van der Waals surface area (Å²) in [6.07, 6.45) is 5.71. The lowest BCUT2D eigenvalue weighted by molar-refractivity contribution is -0.140. The van der Waals surface area contributed by atoms with Gasteiger partial charge in [-0.2, -0.15) is 0 Å². The second-order valence-electron chi connectivity index (χ2n) is 7.52. The Hall–Kier alpha value is -1.09. The average molecular weight is 319 g/mol. The molecule has 0 aliphatic carbocycles. The maximum Gasteiger partial charge on any atom is 0.306 e. The van der Waals surface area contributed by atoms with Crippen LogP contribution in [-0.4, -0.2) is 20.1 Å². The van der Waals surface area contributed by atoms with Crippen LogP contribution in [0.2, 0.25) is 19.1 Å². The van der Waals surface area contributed by atoms with E-state index < -0.39 is 8.07 Å². The molecule has 0 unspecified atom stereocenters. The Morgan fingerprint density at radius 2 is 1.91 bits per heavy atom. The van der Waals surface area contributed by atoms with Gasteiger partial charge in [-0.1, -0.05) is 75.2 Å². The third-order valence-electron chi connectivity index (χ3n) is 4.70. The smallest absolute Gasteiger partial charge is 0.306 e. The van der Waals surface area contributed by atoms with Crippen molar-refractivity contribution in [2.45, 2.75) is 70.3 Å². The number of cyclic esters (lactones) is 1. The van der Waals surface area contributed by atoms with E-state index in [0.29, 0.717) is 12.3 Å². The van der Waals surface area contributed by atoms with Gasteiger partial charge in [0.1, 0.15) is 6.10 Å². The summed E-state index contributed by atoms with van der Waals surface area (Å²) in [5.74, 6) is 0.484. The third kappa shape index (κ3) is 5.27. The van der Waals surface area contributed by atoms with E-state index in [4.69, 9.17) is 4.74 Å². The zero-order valence-electron chi connectivity index (χ0n) is 14.3. The molecule has 1 aromatic rings. The Bertz CT molecular complexity index is 470. The van der Waals surface area contributed by atoms with Gasteiger partial charge in [0.25, 0.3) is 0 Å². The van der Waals surface area contributed by atoms with Crippen LogP contribution in [0.3, 0.4) is 0 Å². The molecule has 0 aromatic heterocycles. The molecule has 1 aromatic carbocycles. The van der Waals surface area contributed by atoms with Crippen LogP contribution in [0.1, 0.15) is 44.6 Å². The highest BCUT2D eigenvalue weighted by Gasteiger charge is 2.38. The molecule has 0 spiro atoms. The van der Waals surface area contributed by atoms with Gasteiger partial charge in [0.2, 0.25) is 0 Å². The molecular weight excluding hydrogens is 288 g/mol. The molecular formula is C19H30O2Si. The Labute approximate surface area is 136 Å². The Morgan fingerprint density at radius 1 is 1.18 bits per heavy atom. The van der Waals surface area contributed by atoms with Gasteiger partial charge in [-0.25, -0.2) is 0 Å². The topological polar surface area (TPSA) is 26.3 Å². The maximum absolute atomic E-state index is 11.7. The third-order valence-corrected chi connectivity index (χ3v) is 7.57. The van der Waals surface area contributed by atoms with Gasteiger partial charge in [-0.3, -0.25) is 4.79 Å². The standard InChI is InChI=1S/C19H30O2Si/c1-4-5-7-12-17-13-19(20)21-18(17)15-22(2,3)14-16-10-8-6-9-11-16/h6,8-11,17-18H,4-5,7,12-15H2,1-3H3/t17-,18+/m1/s1. The number of carbonyl (C=O) groups is 1. The molecule has 2 rings (SSSR count). The van der Waals surface area contributed by atoms with Crippen molar-refractivity contribution in [2.24, 2.45) is 5.92 Å². The van der Waals surface area contributed by atoms with Gasteiger partial charge in [-0.15, -0.1) is 0 Å². The zero-order valence-corrected chi connectivity index (χ0v) is 15.3. The quantitative estimate of drug-likeness (QED) is 0.383. The van der Waals surface area contributed by atoms with Crippen LogP contribution in [-0.2, 0) is 15.6 Å². The number of esters is 1. The molecule has 1 aliphatic rings. The van der Waals surface area contributed by atoms with Gasteiger partial charge < -0.3 is 4.74 Å². The van der Waals surface area contributed by atoms with Crippen molar-refractivity contribution >= 4 is 14.0 Å². The summed E-state index contributed by atoms with van der Waals surface area (Å²) in [6.45, 7) is 7.08. The van der Waals surface area contributed by atoms with Crippen molar-refractivity contribution in [2.75, 3.05) is 0 Å². The van der Waals surface area contributed by atoms with Crippen LogP contribution in [0.15, 0.2) is 30.3 Å². The molecule has 3 heteroatoms. The summed E-state index contributed by atoms with van der Waals surface area (Å²) in [5, 5.41) is 0. The number of hydrogen-bond acceptors (Lipinski definition) is 2. The lowest BCUT2D eigenvalue weighted by Crippen LogP contribution is -2.36. The molecule has 1 fully saturated rings. The summed E-state index contributed by atoms with van der Waals surface area (Å²) in [7, 11) is -1.41. The molecule has 1 saturated heterocycles. The van der Waals surface area contributed by atoms with E-state index in [1.165, 1.54) is 30.9 Å². The highest BCUT2D eigenvalue weighted by atomic mass is 28.3. The number of ether oxygens (including phenoxy) is 1. The number of hydrogen-bond donors (Lipinski definition) is 0. The SMILES string of the molecule is CCCCC[C@@H]1CC(=O)O[C@H]1C[Si](C)(C)Cc1ccccc1. The summed E-state index contributed by atoms with van der Waals surface area (Å²) >= 11 is 0. The fraction of sp³-hybridized carbons (Fsp3) is 0.632. The summed E-state index contributed by atoms with van der Waals surface area (Å²) < 4.78 is 5.67. The van der Waals surface area contributed by atoms with Crippen LogP contribution in [0.25, 0.3) is 0 Å². The van der Waals surface area contributed by atoms with E-state index in [0.717, 1.165) is 12.5 Å². The van der Waals surface area contributed by atoms with Gasteiger partial charge in [-0.05, 0) is 18.5 Å². The fourth-order valence-corrected chi connectivity index (χ4v) is 6.57. The molecule has 22 heavy (non-hydrogen) atoms. The number of unbranched alkanes of at least 4 members (excludes halogenated alkanes) is 2. The Morgan fingerprint density at radius 3 is 2.59 bits per heavy atom. The Balaban J connectivity index is 1.92. The van der Waals surface area contributed by atoms with E-state index in [1.54, 1.807) is 0 Å². The first-order valence-corrected chi connectivity index (χ1v) is 12.1. The van der Waals surface area contributed by atoms with Crippen LogP contribution < -0.4 is 0 Å². The summed E-state index contributed by atoms with van der Waals surface area (Å²) in [4.78, 5) is 11.7. The van der Waals surface area contributed by atoms with Crippen LogP contribution >= 0.6 is 0 Å². The van der Waals surface area contributed by atoms with Crippen LogP contribution in [0.5, 0.6) is 0 Å². The lowest BCUT2D eigenvalue weighted by atomic mass is 9.95. The van der Waals surface area contributed by atoms with Crippen molar-refractivity contribution in [1.29, 1.82) is 0 Å². The minimum Gasteiger partial charge on any atom is -0.462 e. The van der Waals surface area contributed by atoms with Gasteiger partial charge in [0.15, 0.2) is 0 Å². The fourth-order valence-electron chi connectivity index (χ4n) is 3.58. The van der Waals surface area contributed by atoms with E-state index in [-0.39, 0.29) is 12.1 Å². The van der Waals surface area contributed by atoms with Crippen molar-refractivity contribution in [1.82, 2.24) is 0 Å². The van der Waals surface area contributed by atoms with Crippen molar-refractivity contribution in [3.05, 3.63) is 35.9 Å². The number of benzene rings is 1. The first kappa shape index (κ1) is 17.3. The molecule has 0 radical (unpaired) electrons. The molecule has 1 heterocycles. The first-order valence-electron chi connectivity index (χ1n) is 8.73. The highest BCUT2D eigenvalue weighted by molar-refractivity contribution is 6.77. The molecule has 0 amide bonds. The monoisotopic (exact) mass is 318 g/mol.